The van der Waals surface area contributed by atoms with Gasteiger partial charge >= 0.3 is 29.9 Å². The molecular weight excluding hydrogens is 482 g/mol. The fraction of sp³-hybridized carbons (Fsp3) is 0.545. The monoisotopic (exact) mass is 509 g/mol. The van der Waals surface area contributed by atoms with Gasteiger partial charge in [-0.2, -0.15) is 4.98 Å². The normalized spacial score (nSPS) is 23.6. The van der Waals surface area contributed by atoms with E-state index in [9.17, 15) is 24.0 Å². The Morgan fingerprint density at radius 1 is 0.944 bits per heavy atom. The Hall–Kier alpha value is -3.94. The van der Waals surface area contributed by atoms with E-state index in [2.05, 4.69) is 4.98 Å². The molecule has 1 fully saturated rings. The van der Waals surface area contributed by atoms with E-state index in [1.165, 1.54) is 42.5 Å². The molecule has 1 aliphatic rings. The number of aromatic nitrogens is 3. The van der Waals surface area contributed by atoms with E-state index in [0.29, 0.717) is 0 Å². The fourth-order valence-electron chi connectivity index (χ4n) is 3.97. The lowest BCUT2D eigenvalue weighted by Gasteiger charge is -2.44. The molecule has 0 radical (unpaired) electrons. The molecular formula is C22H27N3O11. The van der Waals surface area contributed by atoms with Crippen molar-refractivity contribution in [3.63, 3.8) is 0 Å². The lowest BCUT2D eigenvalue weighted by atomic mass is 9.97. The SMILES string of the molecule is COc1nc2c(ccn2[C@@H]2O[C@@H](COC(C)=O)[C@@H](OC(C)=O)[C@H](OC(C)=O)[C@@H]2OC(C)=O)c(=O)n1C. The Morgan fingerprint density at radius 2 is 1.53 bits per heavy atom. The Bertz CT molecular complexity index is 1230. The number of nitrogens with zero attached hydrogens (tertiary/aromatic N) is 3. The summed E-state index contributed by atoms with van der Waals surface area (Å²) in [6.07, 6.45) is -4.93. The maximum Gasteiger partial charge on any atom is 0.303 e. The van der Waals surface area contributed by atoms with E-state index < -0.39 is 60.1 Å². The van der Waals surface area contributed by atoms with Crippen LogP contribution in [0.15, 0.2) is 17.1 Å². The molecule has 3 heterocycles. The zero-order chi connectivity index (χ0) is 26.7. The summed E-state index contributed by atoms with van der Waals surface area (Å²) in [5, 5.41) is 0.200. The van der Waals surface area contributed by atoms with Gasteiger partial charge in [0.1, 0.15) is 12.7 Å². The highest BCUT2D eigenvalue weighted by atomic mass is 16.7. The van der Waals surface area contributed by atoms with Crippen molar-refractivity contribution < 1.29 is 47.6 Å². The van der Waals surface area contributed by atoms with Crippen LogP contribution in [0.4, 0.5) is 0 Å². The molecule has 0 amide bonds. The Morgan fingerprint density at radius 3 is 2.08 bits per heavy atom. The standard InChI is InChI=1S/C22H27N3O11/c1-10(26)32-9-15-16(33-11(2)27)17(34-12(3)28)18(35-13(4)29)21(36-15)25-8-7-14-19(25)23-22(31-6)24(5)20(14)30/h7-8,15-18,21H,9H2,1-6H3/t15-,16+,17-,18-,21+/m0/s1. The van der Waals surface area contributed by atoms with Gasteiger partial charge < -0.3 is 33.0 Å². The number of rotatable bonds is 7. The number of carbonyl (C=O) groups is 4. The molecule has 2 aromatic rings. The molecule has 3 rings (SSSR count). The van der Waals surface area contributed by atoms with Gasteiger partial charge in [-0.3, -0.25) is 28.5 Å². The number of hydrogen-bond donors (Lipinski definition) is 0. The topological polar surface area (TPSA) is 163 Å². The molecule has 0 unspecified atom stereocenters. The summed E-state index contributed by atoms with van der Waals surface area (Å²) in [7, 11) is 2.83. The Balaban J connectivity index is 2.20. The van der Waals surface area contributed by atoms with Crippen LogP contribution in [0, 0.1) is 0 Å². The van der Waals surface area contributed by atoms with Crippen molar-refractivity contribution in [2.24, 2.45) is 7.05 Å². The van der Waals surface area contributed by atoms with E-state index in [4.69, 9.17) is 28.4 Å². The average Bonchev–Trinajstić information content (AvgIpc) is 3.20. The molecule has 14 nitrogen and oxygen atoms in total. The van der Waals surface area contributed by atoms with Crippen LogP contribution in [0.5, 0.6) is 6.01 Å². The molecule has 1 aliphatic heterocycles. The molecule has 0 aromatic carbocycles. The van der Waals surface area contributed by atoms with Crippen LogP contribution in [0.25, 0.3) is 11.0 Å². The zero-order valence-electron chi connectivity index (χ0n) is 20.6. The maximum absolute atomic E-state index is 12.8. The van der Waals surface area contributed by atoms with Crippen molar-refractivity contribution in [1.82, 2.24) is 14.1 Å². The second kappa shape index (κ2) is 10.8. The second-order valence-corrected chi connectivity index (χ2v) is 8.01. The Labute approximate surface area is 205 Å². The Kier molecular flexibility index (Phi) is 7.97. The highest BCUT2D eigenvalue weighted by molar-refractivity contribution is 5.76. The summed E-state index contributed by atoms with van der Waals surface area (Å²) in [4.78, 5) is 64.6. The van der Waals surface area contributed by atoms with Gasteiger partial charge in [-0.1, -0.05) is 0 Å². The van der Waals surface area contributed by atoms with Crippen molar-refractivity contribution in [3.05, 3.63) is 22.6 Å². The number of esters is 4. The van der Waals surface area contributed by atoms with Gasteiger partial charge in [0.05, 0.1) is 12.5 Å². The van der Waals surface area contributed by atoms with E-state index in [1.54, 1.807) is 0 Å². The average molecular weight is 509 g/mol. The highest BCUT2D eigenvalue weighted by Gasteiger charge is 2.53. The zero-order valence-corrected chi connectivity index (χ0v) is 20.6. The third-order valence-corrected chi connectivity index (χ3v) is 5.33. The van der Waals surface area contributed by atoms with Crippen molar-refractivity contribution in [2.75, 3.05) is 13.7 Å². The van der Waals surface area contributed by atoms with Crippen LogP contribution in [0.3, 0.4) is 0 Å². The van der Waals surface area contributed by atoms with E-state index in [1.807, 2.05) is 0 Å². The smallest absolute Gasteiger partial charge is 0.303 e. The molecule has 1 saturated heterocycles. The number of methoxy groups -OCH3 is 1. The summed E-state index contributed by atoms with van der Waals surface area (Å²) in [5.74, 6) is -2.88. The quantitative estimate of drug-likeness (QED) is 0.363. The van der Waals surface area contributed by atoms with Crippen molar-refractivity contribution >= 4 is 34.9 Å². The van der Waals surface area contributed by atoms with Gasteiger partial charge in [-0.05, 0) is 6.07 Å². The minimum atomic E-state index is -1.36. The molecule has 14 heteroatoms. The molecule has 0 N–H and O–H groups in total. The highest BCUT2D eigenvalue weighted by Crippen LogP contribution is 2.36. The van der Waals surface area contributed by atoms with Crippen LogP contribution in [-0.2, 0) is 49.9 Å². The summed E-state index contributed by atoms with van der Waals surface area (Å²) < 4.78 is 35.3. The van der Waals surface area contributed by atoms with Crippen LogP contribution < -0.4 is 10.3 Å². The van der Waals surface area contributed by atoms with E-state index >= 15 is 0 Å². The second-order valence-electron chi connectivity index (χ2n) is 8.01. The minimum absolute atomic E-state index is 0.00177. The van der Waals surface area contributed by atoms with Crippen LogP contribution >= 0.6 is 0 Å². The number of ether oxygens (including phenoxy) is 6. The lowest BCUT2D eigenvalue weighted by Crippen LogP contribution is -2.60. The van der Waals surface area contributed by atoms with Crippen molar-refractivity contribution in [2.45, 2.75) is 58.3 Å². The van der Waals surface area contributed by atoms with Crippen molar-refractivity contribution in [1.29, 1.82) is 0 Å². The van der Waals surface area contributed by atoms with Gasteiger partial charge in [0.15, 0.2) is 30.2 Å². The van der Waals surface area contributed by atoms with E-state index in [0.717, 1.165) is 20.8 Å². The van der Waals surface area contributed by atoms with Gasteiger partial charge in [-0.25, -0.2) is 0 Å². The molecule has 0 saturated carbocycles. The maximum atomic E-state index is 12.8. The summed E-state index contributed by atoms with van der Waals surface area (Å²) in [5.41, 5.74) is -0.294. The molecule has 2 aromatic heterocycles. The summed E-state index contributed by atoms with van der Waals surface area (Å²) in [6, 6.07) is 1.48. The van der Waals surface area contributed by atoms with E-state index in [-0.39, 0.29) is 23.7 Å². The minimum Gasteiger partial charge on any atom is -0.468 e. The summed E-state index contributed by atoms with van der Waals surface area (Å²) >= 11 is 0. The van der Waals surface area contributed by atoms with Gasteiger partial charge in [-0.15, -0.1) is 0 Å². The lowest BCUT2D eigenvalue weighted by molar-refractivity contribution is -0.267. The van der Waals surface area contributed by atoms with Gasteiger partial charge in [0, 0.05) is 40.9 Å². The van der Waals surface area contributed by atoms with Gasteiger partial charge in [0.2, 0.25) is 0 Å². The first-order valence-electron chi connectivity index (χ1n) is 10.9. The third-order valence-electron chi connectivity index (χ3n) is 5.33. The molecule has 0 spiro atoms. The molecule has 0 bridgehead atoms. The fourth-order valence-corrected chi connectivity index (χ4v) is 3.97. The first-order chi connectivity index (χ1) is 16.9. The number of fused-ring (bicyclic) bond motifs is 1. The van der Waals surface area contributed by atoms with Crippen molar-refractivity contribution in [3.8, 4) is 6.01 Å². The first kappa shape index (κ1) is 26.7. The predicted molar refractivity (Wildman–Crippen MR) is 119 cm³/mol. The van der Waals surface area contributed by atoms with Crippen LogP contribution in [0.2, 0.25) is 0 Å². The number of hydrogen-bond acceptors (Lipinski definition) is 12. The molecule has 36 heavy (non-hydrogen) atoms. The predicted octanol–water partition coefficient (Wildman–Crippen LogP) is -0.000800. The molecule has 0 aliphatic carbocycles. The molecule has 5 atom stereocenters. The first-order valence-corrected chi connectivity index (χ1v) is 10.9. The van der Waals surface area contributed by atoms with Crippen LogP contribution in [-0.4, -0.2) is 76.1 Å². The third kappa shape index (κ3) is 5.48. The number of carbonyl (C=O) groups excluding carboxylic acids is 4. The molecule has 196 valence electrons. The van der Waals surface area contributed by atoms with Crippen LogP contribution in [0.1, 0.15) is 33.9 Å². The summed E-state index contributed by atoms with van der Waals surface area (Å²) in [6.45, 7) is 4.19. The van der Waals surface area contributed by atoms with Gasteiger partial charge in [0.25, 0.3) is 5.56 Å². The largest absolute Gasteiger partial charge is 0.468 e.